The van der Waals surface area contributed by atoms with Gasteiger partial charge in [0.15, 0.2) is 0 Å². The van der Waals surface area contributed by atoms with Crippen molar-refractivity contribution in [3.63, 3.8) is 0 Å². The van der Waals surface area contributed by atoms with Crippen LogP contribution in [-0.4, -0.2) is 33.8 Å². The molecular weight excluding hydrogens is 506 g/mol. The van der Waals surface area contributed by atoms with Gasteiger partial charge in [0.05, 0.1) is 17.7 Å². The van der Waals surface area contributed by atoms with Crippen LogP contribution in [0.2, 0.25) is 0 Å². The molecule has 0 saturated heterocycles. The molecule has 40 heavy (non-hydrogen) atoms. The Balaban J connectivity index is 1.46. The first-order chi connectivity index (χ1) is 19.3. The molecule has 0 fully saturated rings. The summed E-state index contributed by atoms with van der Waals surface area (Å²) in [6.07, 6.45) is 0.628. The summed E-state index contributed by atoms with van der Waals surface area (Å²) in [6.45, 7) is 5.70. The number of hydrogen-bond donors (Lipinski definition) is 2. The highest BCUT2D eigenvalue weighted by Gasteiger charge is 2.13. The maximum Gasteiger partial charge on any atom is 0.335 e. The number of nitrogens with zero attached hydrogens (tertiary/aromatic N) is 1. The number of hydrogen-bond acceptors (Lipinski definition) is 5. The van der Waals surface area contributed by atoms with Crippen LogP contribution in [0.15, 0.2) is 97.1 Å². The SMILES string of the molecule is CC(C)c1ccc(COc2ccccc2CCN(Cc2ccc(C(=O)O)cc2)Oc2ccc(C(=O)O)cc2)cc1. The lowest BCUT2D eigenvalue weighted by molar-refractivity contribution is -0.0661. The average Bonchev–Trinajstić information content (AvgIpc) is 2.96. The molecule has 0 atom stereocenters. The summed E-state index contributed by atoms with van der Waals surface area (Å²) in [4.78, 5) is 28.6. The molecule has 0 aliphatic carbocycles. The van der Waals surface area contributed by atoms with Gasteiger partial charge in [0.25, 0.3) is 0 Å². The number of benzene rings is 4. The molecule has 0 unspecified atom stereocenters. The van der Waals surface area contributed by atoms with Crippen molar-refractivity contribution in [2.45, 2.75) is 39.3 Å². The highest BCUT2D eigenvalue weighted by Crippen LogP contribution is 2.23. The van der Waals surface area contributed by atoms with E-state index < -0.39 is 11.9 Å². The van der Waals surface area contributed by atoms with Crippen LogP contribution in [0.5, 0.6) is 11.5 Å². The van der Waals surface area contributed by atoms with E-state index in [0.717, 1.165) is 22.4 Å². The van der Waals surface area contributed by atoms with E-state index >= 15 is 0 Å². The van der Waals surface area contributed by atoms with Crippen molar-refractivity contribution >= 4 is 11.9 Å². The van der Waals surface area contributed by atoms with Gasteiger partial charge in [0.1, 0.15) is 18.1 Å². The Morgan fingerprint density at radius 2 is 1.32 bits per heavy atom. The number of carboxylic acids is 2. The minimum atomic E-state index is -1.01. The number of aromatic carboxylic acids is 2. The van der Waals surface area contributed by atoms with Crippen molar-refractivity contribution < 1.29 is 29.4 Å². The van der Waals surface area contributed by atoms with Gasteiger partial charge in [-0.3, -0.25) is 0 Å². The molecule has 4 aromatic rings. The summed E-state index contributed by atoms with van der Waals surface area (Å²) < 4.78 is 6.19. The summed E-state index contributed by atoms with van der Waals surface area (Å²) in [5.41, 5.74) is 4.68. The molecule has 0 aliphatic heterocycles. The Morgan fingerprint density at radius 1 is 0.750 bits per heavy atom. The van der Waals surface area contributed by atoms with Crippen LogP contribution >= 0.6 is 0 Å². The third-order valence-corrected chi connectivity index (χ3v) is 6.54. The van der Waals surface area contributed by atoms with E-state index in [1.807, 2.05) is 24.3 Å². The molecule has 0 saturated carbocycles. The van der Waals surface area contributed by atoms with Crippen LogP contribution < -0.4 is 9.57 Å². The van der Waals surface area contributed by atoms with E-state index in [1.165, 1.54) is 17.7 Å². The van der Waals surface area contributed by atoms with Crippen molar-refractivity contribution in [2.24, 2.45) is 0 Å². The van der Waals surface area contributed by atoms with Gasteiger partial charge < -0.3 is 19.8 Å². The van der Waals surface area contributed by atoms with Crippen molar-refractivity contribution in [1.29, 1.82) is 0 Å². The minimum absolute atomic E-state index is 0.174. The Morgan fingerprint density at radius 3 is 1.93 bits per heavy atom. The number of ether oxygens (including phenoxy) is 1. The maximum absolute atomic E-state index is 11.2. The van der Waals surface area contributed by atoms with Crippen LogP contribution in [0.1, 0.15) is 62.7 Å². The number of carboxylic acid groups (broad SMARTS) is 2. The summed E-state index contributed by atoms with van der Waals surface area (Å²) in [7, 11) is 0. The van der Waals surface area contributed by atoms with E-state index in [2.05, 4.69) is 38.1 Å². The van der Waals surface area contributed by atoms with Gasteiger partial charge in [-0.2, -0.15) is 0 Å². The molecule has 0 aliphatic rings. The molecule has 4 aromatic carbocycles. The molecule has 0 bridgehead atoms. The summed E-state index contributed by atoms with van der Waals surface area (Å²) in [5.74, 6) is -0.209. The molecule has 0 radical (unpaired) electrons. The second-order valence-electron chi connectivity index (χ2n) is 9.83. The monoisotopic (exact) mass is 539 g/mol. The van der Waals surface area contributed by atoms with Gasteiger partial charge in [-0.15, -0.1) is 5.06 Å². The zero-order chi connectivity index (χ0) is 28.5. The fourth-order valence-electron chi connectivity index (χ4n) is 4.18. The van der Waals surface area contributed by atoms with E-state index in [1.54, 1.807) is 41.5 Å². The first kappa shape index (κ1) is 28.4. The molecule has 206 valence electrons. The predicted molar refractivity (Wildman–Crippen MR) is 153 cm³/mol. The normalized spacial score (nSPS) is 11.0. The van der Waals surface area contributed by atoms with Gasteiger partial charge in [-0.05, 0) is 77.1 Å². The van der Waals surface area contributed by atoms with E-state index in [9.17, 15) is 19.8 Å². The molecule has 0 heterocycles. The van der Waals surface area contributed by atoms with Gasteiger partial charge in [0, 0.05) is 6.54 Å². The predicted octanol–water partition coefficient (Wildman–Crippen LogP) is 6.82. The fourth-order valence-corrected chi connectivity index (χ4v) is 4.18. The third kappa shape index (κ3) is 7.94. The summed E-state index contributed by atoms with van der Waals surface area (Å²) in [5, 5.41) is 20.2. The summed E-state index contributed by atoms with van der Waals surface area (Å²) in [6, 6.07) is 29.2. The second-order valence-corrected chi connectivity index (χ2v) is 9.83. The lowest BCUT2D eigenvalue weighted by atomic mass is 10.0. The Hall–Kier alpha value is -4.62. The van der Waals surface area contributed by atoms with Gasteiger partial charge >= 0.3 is 11.9 Å². The molecule has 7 nitrogen and oxygen atoms in total. The highest BCUT2D eigenvalue weighted by atomic mass is 16.7. The van der Waals surface area contributed by atoms with Crippen molar-refractivity contribution in [2.75, 3.05) is 6.54 Å². The Kier molecular flexibility index (Phi) is 9.54. The Bertz CT molecular complexity index is 1350. The van der Waals surface area contributed by atoms with E-state index in [-0.39, 0.29) is 11.1 Å². The largest absolute Gasteiger partial charge is 0.489 e. The smallest absolute Gasteiger partial charge is 0.335 e. The molecule has 0 aromatic heterocycles. The highest BCUT2D eigenvalue weighted by molar-refractivity contribution is 5.88. The van der Waals surface area contributed by atoms with Crippen LogP contribution in [0, 0.1) is 0 Å². The maximum atomic E-state index is 11.2. The second kappa shape index (κ2) is 13.4. The van der Waals surface area contributed by atoms with Crippen LogP contribution in [0.4, 0.5) is 0 Å². The minimum Gasteiger partial charge on any atom is -0.489 e. The lowest BCUT2D eigenvalue weighted by Gasteiger charge is -2.23. The van der Waals surface area contributed by atoms with Crippen LogP contribution in [-0.2, 0) is 19.6 Å². The molecule has 7 heteroatoms. The molecular formula is C33H33NO6. The van der Waals surface area contributed by atoms with Crippen molar-refractivity contribution in [1.82, 2.24) is 5.06 Å². The first-order valence-corrected chi connectivity index (χ1v) is 13.2. The number of hydroxylamine groups is 2. The zero-order valence-electron chi connectivity index (χ0n) is 22.6. The first-order valence-electron chi connectivity index (χ1n) is 13.2. The molecule has 0 amide bonds. The molecule has 4 rings (SSSR count). The standard InChI is InChI=1S/C33H33NO6/c1-23(2)26-11-9-25(10-12-26)22-39-31-6-4-3-5-27(31)19-20-34(21-24-7-13-28(14-8-24)32(35)36)40-30-17-15-29(16-18-30)33(37)38/h3-18,23H,19-22H2,1-2H3,(H,35,36)(H,37,38). The van der Waals surface area contributed by atoms with E-state index in [4.69, 9.17) is 9.57 Å². The summed E-state index contributed by atoms with van der Waals surface area (Å²) >= 11 is 0. The van der Waals surface area contributed by atoms with Gasteiger partial charge in [0.2, 0.25) is 0 Å². The van der Waals surface area contributed by atoms with Crippen molar-refractivity contribution in [3.8, 4) is 11.5 Å². The van der Waals surface area contributed by atoms with Crippen LogP contribution in [0.25, 0.3) is 0 Å². The fraction of sp³-hybridized carbons (Fsp3) is 0.212. The zero-order valence-corrected chi connectivity index (χ0v) is 22.6. The number of rotatable bonds is 13. The van der Waals surface area contributed by atoms with Gasteiger partial charge in [-0.1, -0.05) is 68.4 Å². The third-order valence-electron chi connectivity index (χ3n) is 6.54. The topological polar surface area (TPSA) is 96.3 Å². The molecule has 2 N–H and O–H groups in total. The average molecular weight is 540 g/mol. The van der Waals surface area contributed by atoms with Crippen LogP contribution in [0.3, 0.4) is 0 Å². The molecule has 0 spiro atoms. The van der Waals surface area contributed by atoms with E-state index in [0.29, 0.717) is 37.8 Å². The van der Waals surface area contributed by atoms with Gasteiger partial charge in [-0.25, -0.2) is 9.59 Å². The number of carbonyl (C=O) groups is 2. The number of para-hydroxylation sites is 1. The lowest BCUT2D eigenvalue weighted by Crippen LogP contribution is -2.29. The quantitative estimate of drug-likeness (QED) is 0.180. The van der Waals surface area contributed by atoms with Crippen molar-refractivity contribution in [3.05, 3.63) is 130 Å². The Labute approximate surface area is 234 Å².